The van der Waals surface area contributed by atoms with Crippen molar-refractivity contribution >= 4 is 44.8 Å². The van der Waals surface area contributed by atoms with E-state index in [-0.39, 0.29) is 18.9 Å². The molecule has 0 atom stereocenters. The molecule has 0 unspecified atom stereocenters. The molecule has 0 aliphatic heterocycles. The Bertz CT molecular complexity index is 972. The average molecular weight is 461 g/mol. The molecular formula is C20H17BrN2O4S. The van der Waals surface area contributed by atoms with E-state index in [9.17, 15) is 9.59 Å². The lowest BCUT2D eigenvalue weighted by atomic mass is 10.2. The third kappa shape index (κ3) is 5.64. The maximum atomic E-state index is 12.3. The van der Waals surface area contributed by atoms with Gasteiger partial charge in [-0.1, -0.05) is 28.1 Å². The number of nitrogens with one attached hydrogen (secondary N) is 1. The monoisotopic (exact) mass is 460 g/mol. The Morgan fingerprint density at radius 1 is 1.18 bits per heavy atom. The van der Waals surface area contributed by atoms with Crippen LogP contribution in [0.2, 0.25) is 0 Å². The van der Waals surface area contributed by atoms with Crippen LogP contribution in [0.15, 0.2) is 58.4 Å². The first-order chi connectivity index (χ1) is 13.5. The van der Waals surface area contributed by atoms with E-state index in [0.717, 1.165) is 20.7 Å². The van der Waals surface area contributed by atoms with Gasteiger partial charge in [0.15, 0.2) is 6.61 Å². The highest BCUT2D eigenvalue weighted by atomic mass is 79.9. The zero-order valence-electron chi connectivity index (χ0n) is 15.0. The summed E-state index contributed by atoms with van der Waals surface area (Å²) in [6.07, 6.45) is 0.186. The van der Waals surface area contributed by atoms with E-state index < -0.39 is 5.97 Å². The van der Waals surface area contributed by atoms with E-state index in [2.05, 4.69) is 31.0 Å². The molecule has 144 valence electrons. The van der Waals surface area contributed by atoms with E-state index in [1.807, 2.05) is 29.6 Å². The summed E-state index contributed by atoms with van der Waals surface area (Å²) in [5.41, 5.74) is 2.36. The average Bonchev–Trinajstić information content (AvgIpc) is 3.15. The number of esters is 1. The zero-order valence-corrected chi connectivity index (χ0v) is 17.4. The number of amides is 1. The van der Waals surface area contributed by atoms with Gasteiger partial charge in [-0.15, -0.1) is 11.3 Å². The SMILES string of the molecule is COC(=O)COc1ccc(NC(=O)Cc2csc(-c3cccc(Br)c3)n2)cc1. The lowest BCUT2D eigenvalue weighted by Crippen LogP contribution is -2.15. The number of methoxy groups -OCH3 is 1. The van der Waals surface area contributed by atoms with Crippen LogP contribution in [0.25, 0.3) is 10.6 Å². The number of anilines is 1. The molecule has 0 aliphatic rings. The molecule has 6 nitrogen and oxygen atoms in total. The summed E-state index contributed by atoms with van der Waals surface area (Å²) in [4.78, 5) is 27.9. The van der Waals surface area contributed by atoms with E-state index in [1.54, 1.807) is 24.3 Å². The molecule has 0 saturated heterocycles. The number of rotatable bonds is 7. The summed E-state index contributed by atoms with van der Waals surface area (Å²) in [7, 11) is 1.30. The largest absolute Gasteiger partial charge is 0.482 e. The Morgan fingerprint density at radius 2 is 1.96 bits per heavy atom. The maximum Gasteiger partial charge on any atom is 0.343 e. The third-order valence-electron chi connectivity index (χ3n) is 3.69. The van der Waals surface area contributed by atoms with Crippen molar-refractivity contribution in [3.8, 4) is 16.3 Å². The Labute approximate surface area is 174 Å². The van der Waals surface area contributed by atoms with Crippen LogP contribution in [-0.4, -0.2) is 30.6 Å². The second-order valence-electron chi connectivity index (χ2n) is 5.77. The molecule has 0 radical (unpaired) electrons. The summed E-state index contributed by atoms with van der Waals surface area (Å²) in [6, 6.07) is 14.6. The fourth-order valence-corrected chi connectivity index (χ4v) is 3.56. The second kappa shape index (κ2) is 9.48. The van der Waals surface area contributed by atoms with Crippen LogP contribution in [-0.2, 0) is 20.7 Å². The van der Waals surface area contributed by atoms with Crippen LogP contribution in [0.4, 0.5) is 5.69 Å². The molecule has 28 heavy (non-hydrogen) atoms. The molecule has 0 aliphatic carbocycles. The first-order valence-corrected chi connectivity index (χ1v) is 10.0. The quantitative estimate of drug-likeness (QED) is 0.531. The molecule has 0 bridgehead atoms. The highest BCUT2D eigenvalue weighted by Gasteiger charge is 2.10. The maximum absolute atomic E-state index is 12.3. The molecule has 3 aromatic rings. The van der Waals surface area contributed by atoms with Gasteiger partial charge in [-0.2, -0.15) is 0 Å². The fourth-order valence-electron chi connectivity index (χ4n) is 2.35. The molecule has 1 heterocycles. The van der Waals surface area contributed by atoms with E-state index in [4.69, 9.17) is 4.74 Å². The molecule has 0 fully saturated rings. The molecule has 2 aromatic carbocycles. The number of thiazole rings is 1. The number of benzene rings is 2. The number of nitrogens with zero attached hydrogens (tertiary/aromatic N) is 1. The molecule has 1 amide bonds. The molecule has 0 saturated carbocycles. The predicted octanol–water partition coefficient (Wildman–Crippen LogP) is 4.31. The molecule has 3 rings (SSSR count). The predicted molar refractivity (Wildman–Crippen MR) is 112 cm³/mol. The number of carbonyl (C=O) groups is 2. The highest BCUT2D eigenvalue weighted by Crippen LogP contribution is 2.26. The van der Waals surface area contributed by atoms with Gasteiger partial charge in [0, 0.05) is 21.1 Å². The lowest BCUT2D eigenvalue weighted by Gasteiger charge is -2.07. The van der Waals surface area contributed by atoms with Crippen molar-refractivity contribution in [3.05, 3.63) is 64.1 Å². The topological polar surface area (TPSA) is 77.5 Å². The Morgan fingerprint density at radius 3 is 2.68 bits per heavy atom. The van der Waals surface area contributed by atoms with Crippen molar-refractivity contribution in [1.82, 2.24) is 4.98 Å². The summed E-state index contributed by atoms with van der Waals surface area (Å²) < 4.78 is 10.8. The minimum absolute atomic E-state index is 0.158. The number of hydrogen-bond donors (Lipinski definition) is 1. The molecular weight excluding hydrogens is 444 g/mol. The van der Waals surface area contributed by atoms with E-state index in [1.165, 1.54) is 18.4 Å². The first-order valence-electron chi connectivity index (χ1n) is 8.33. The Kier molecular flexibility index (Phi) is 6.78. The van der Waals surface area contributed by atoms with Crippen LogP contribution >= 0.6 is 27.3 Å². The van der Waals surface area contributed by atoms with E-state index in [0.29, 0.717) is 11.4 Å². The van der Waals surface area contributed by atoms with Crippen LogP contribution in [0.1, 0.15) is 5.69 Å². The number of aromatic nitrogens is 1. The molecule has 1 aromatic heterocycles. The van der Waals surface area contributed by atoms with Crippen LogP contribution < -0.4 is 10.1 Å². The smallest absolute Gasteiger partial charge is 0.343 e. The Hall–Kier alpha value is -2.71. The Balaban J connectivity index is 1.55. The van der Waals surface area contributed by atoms with Crippen molar-refractivity contribution in [2.24, 2.45) is 0 Å². The fraction of sp³-hybridized carbons (Fsp3) is 0.150. The van der Waals surface area contributed by atoms with Gasteiger partial charge in [-0.25, -0.2) is 9.78 Å². The number of carbonyl (C=O) groups excluding carboxylic acids is 2. The lowest BCUT2D eigenvalue weighted by molar-refractivity contribution is -0.142. The molecule has 8 heteroatoms. The summed E-state index contributed by atoms with van der Waals surface area (Å²) in [5, 5.41) is 5.58. The summed E-state index contributed by atoms with van der Waals surface area (Å²) in [5.74, 6) is -0.0984. The minimum atomic E-state index is -0.456. The van der Waals surface area contributed by atoms with Gasteiger partial charge in [-0.3, -0.25) is 4.79 Å². The van der Waals surface area contributed by atoms with Crippen molar-refractivity contribution in [1.29, 1.82) is 0 Å². The van der Waals surface area contributed by atoms with Crippen molar-refractivity contribution in [3.63, 3.8) is 0 Å². The second-order valence-corrected chi connectivity index (χ2v) is 7.54. The normalized spacial score (nSPS) is 10.4. The summed E-state index contributed by atoms with van der Waals surface area (Å²) >= 11 is 4.95. The number of halogens is 1. The van der Waals surface area contributed by atoms with Gasteiger partial charge in [0.05, 0.1) is 19.2 Å². The van der Waals surface area contributed by atoms with Gasteiger partial charge in [-0.05, 0) is 36.4 Å². The van der Waals surface area contributed by atoms with Gasteiger partial charge in [0.25, 0.3) is 0 Å². The third-order valence-corrected chi connectivity index (χ3v) is 5.12. The van der Waals surface area contributed by atoms with Crippen molar-refractivity contribution in [2.75, 3.05) is 19.0 Å². The van der Waals surface area contributed by atoms with Crippen LogP contribution in [0.5, 0.6) is 5.75 Å². The van der Waals surface area contributed by atoms with Crippen LogP contribution in [0.3, 0.4) is 0 Å². The van der Waals surface area contributed by atoms with Gasteiger partial charge in [0.2, 0.25) is 5.91 Å². The summed E-state index contributed by atoms with van der Waals surface area (Å²) in [6.45, 7) is -0.160. The minimum Gasteiger partial charge on any atom is -0.482 e. The van der Waals surface area contributed by atoms with Gasteiger partial charge in [0.1, 0.15) is 10.8 Å². The molecule has 1 N–H and O–H groups in total. The highest BCUT2D eigenvalue weighted by molar-refractivity contribution is 9.10. The van der Waals surface area contributed by atoms with Crippen molar-refractivity contribution in [2.45, 2.75) is 6.42 Å². The van der Waals surface area contributed by atoms with Crippen molar-refractivity contribution < 1.29 is 19.1 Å². The standard InChI is InChI=1S/C20H17BrN2O4S/c1-26-19(25)11-27-17-7-5-15(6-8-17)22-18(24)10-16-12-28-20(23-16)13-3-2-4-14(21)9-13/h2-9,12H,10-11H2,1H3,(H,22,24). The number of ether oxygens (including phenoxy) is 2. The number of hydrogen-bond acceptors (Lipinski definition) is 6. The van der Waals surface area contributed by atoms with Gasteiger partial charge < -0.3 is 14.8 Å². The zero-order chi connectivity index (χ0) is 19.9. The van der Waals surface area contributed by atoms with E-state index >= 15 is 0 Å². The van der Waals surface area contributed by atoms with Gasteiger partial charge >= 0.3 is 5.97 Å². The van der Waals surface area contributed by atoms with Crippen LogP contribution in [0, 0.1) is 0 Å². The first kappa shape index (κ1) is 20.0. The molecule has 0 spiro atoms.